The van der Waals surface area contributed by atoms with Crippen LogP contribution in [-0.2, 0) is 4.74 Å². The van der Waals surface area contributed by atoms with Crippen molar-refractivity contribution in [2.45, 2.75) is 18.1 Å². The molecule has 1 atom stereocenters. The lowest BCUT2D eigenvalue weighted by atomic mass is 10.2. The summed E-state index contributed by atoms with van der Waals surface area (Å²) in [6.45, 7) is 3.32. The Morgan fingerprint density at radius 2 is 2.41 bits per heavy atom. The molecule has 0 spiro atoms. The topological polar surface area (TPSA) is 80.5 Å². The summed E-state index contributed by atoms with van der Waals surface area (Å²) in [6.07, 6.45) is 1.89. The quantitative estimate of drug-likeness (QED) is 0.866. The van der Waals surface area contributed by atoms with Crippen LogP contribution in [0, 0.1) is 6.92 Å². The molecule has 118 valence electrons. The molecule has 0 aromatic carbocycles. The Morgan fingerprint density at radius 1 is 1.55 bits per heavy atom. The third-order valence-corrected chi connectivity index (χ3v) is 4.58. The van der Waals surface area contributed by atoms with Crippen molar-refractivity contribution in [2.24, 2.45) is 0 Å². The van der Waals surface area contributed by atoms with Gasteiger partial charge in [0.05, 0.1) is 13.2 Å². The number of aryl methyl sites for hydroxylation is 1. The van der Waals surface area contributed by atoms with Crippen molar-refractivity contribution >= 4 is 34.5 Å². The third-order valence-electron chi connectivity index (χ3n) is 3.28. The predicted octanol–water partition coefficient (Wildman–Crippen LogP) is 2.77. The number of ether oxygens (including phenoxy) is 1. The predicted molar refractivity (Wildman–Crippen MR) is 84.4 cm³/mol. The van der Waals surface area contributed by atoms with Crippen molar-refractivity contribution in [2.75, 3.05) is 31.3 Å². The first-order valence-corrected chi connectivity index (χ1v) is 8.76. The largest absolute Gasteiger partial charge is 0.464 e. The van der Waals surface area contributed by atoms with Crippen LogP contribution in [0.3, 0.4) is 0 Å². The average Bonchev–Trinajstić information content (AvgIpc) is 3.16. The van der Waals surface area contributed by atoms with Crippen molar-refractivity contribution in [1.29, 1.82) is 0 Å². The number of hydrogen-bond donors (Lipinski definition) is 1. The SMILES string of the molecule is CSc1nsc(NC(=O)N2CCOCC2c2ccc(C)o2)n1. The number of amides is 2. The molecule has 3 rings (SSSR count). The van der Waals surface area contributed by atoms with E-state index in [0.29, 0.717) is 30.0 Å². The molecule has 9 heteroatoms. The summed E-state index contributed by atoms with van der Waals surface area (Å²) in [7, 11) is 0. The van der Waals surface area contributed by atoms with Crippen LogP contribution in [-0.4, -0.2) is 46.3 Å². The highest BCUT2D eigenvalue weighted by molar-refractivity contribution is 7.98. The molecule has 0 radical (unpaired) electrons. The first kappa shape index (κ1) is 15.3. The van der Waals surface area contributed by atoms with Gasteiger partial charge in [-0.25, -0.2) is 4.79 Å². The summed E-state index contributed by atoms with van der Waals surface area (Å²) in [5.41, 5.74) is 0. The van der Waals surface area contributed by atoms with E-state index in [0.717, 1.165) is 11.5 Å². The fraction of sp³-hybridized carbons (Fsp3) is 0.462. The third kappa shape index (κ3) is 3.26. The summed E-state index contributed by atoms with van der Waals surface area (Å²) in [4.78, 5) is 18.4. The van der Waals surface area contributed by atoms with E-state index in [1.807, 2.05) is 25.3 Å². The number of morpholine rings is 1. The van der Waals surface area contributed by atoms with Gasteiger partial charge >= 0.3 is 6.03 Å². The minimum absolute atomic E-state index is 0.217. The highest BCUT2D eigenvalue weighted by Crippen LogP contribution is 2.27. The van der Waals surface area contributed by atoms with Crippen molar-refractivity contribution in [1.82, 2.24) is 14.3 Å². The van der Waals surface area contributed by atoms with Crippen LogP contribution in [0.1, 0.15) is 17.6 Å². The van der Waals surface area contributed by atoms with Gasteiger partial charge in [0.25, 0.3) is 0 Å². The van der Waals surface area contributed by atoms with Gasteiger partial charge in [0.1, 0.15) is 17.6 Å². The molecule has 1 aliphatic heterocycles. The van der Waals surface area contributed by atoms with Crippen LogP contribution >= 0.6 is 23.3 Å². The number of nitrogens with zero attached hydrogens (tertiary/aromatic N) is 3. The summed E-state index contributed by atoms with van der Waals surface area (Å²) in [5.74, 6) is 1.55. The molecule has 22 heavy (non-hydrogen) atoms. The van der Waals surface area contributed by atoms with E-state index in [2.05, 4.69) is 14.7 Å². The molecule has 2 aromatic heterocycles. The Labute approximate surface area is 136 Å². The number of anilines is 1. The van der Waals surface area contributed by atoms with E-state index in [1.54, 1.807) is 4.90 Å². The average molecular weight is 340 g/mol. The van der Waals surface area contributed by atoms with Crippen LogP contribution in [0.2, 0.25) is 0 Å². The van der Waals surface area contributed by atoms with E-state index in [-0.39, 0.29) is 12.1 Å². The standard InChI is InChI=1S/C13H16N4O3S2/c1-8-3-4-10(20-8)9-7-19-6-5-17(9)13(18)15-11-14-12(21-2)16-22-11/h3-4,9H,5-7H2,1-2H3,(H,14,15,16,18). The van der Waals surface area contributed by atoms with Crippen molar-refractivity contribution < 1.29 is 13.9 Å². The number of rotatable bonds is 3. The number of thioether (sulfide) groups is 1. The van der Waals surface area contributed by atoms with Gasteiger partial charge in [-0.3, -0.25) is 5.32 Å². The van der Waals surface area contributed by atoms with E-state index in [1.165, 1.54) is 23.3 Å². The van der Waals surface area contributed by atoms with Crippen molar-refractivity contribution in [3.05, 3.63) is 23.7 Å². The lowest BCUT2D eigenvalue weighted by molar-refractivity contribution is 0.00710. The number of hydrogen-bond acceptors (Lipinski definition) is 7. The summed E-state index contributed by atoms with van der Waals surface area (Å²) in [6, 6.07) is 3.32. The zero-order valence-electron chi connectivity index (χ0n) is 12.2. The molecule has 1 N–H and O–H groups in total. The minimum Gasteiger partial charge on any atom is -0.464 e. The van der Waals surface area contributed by atoms with Gasteiger partial charge in [-0.15, -0.1) is 0 Å². The normalized spacial score (nSPS) is 18.5. The molecule has 2 aromatic rings. The Bertz CT molecular complexity index is 657. The van der Waals surface area contributed by atoms with Crippen LogP contribution in [0.4, 0.5) is 9.93 Å². The molecule has 1 fully saturated rings. The van der Waals surface area contributed by atoms with E-state index in [4.69, 9.17) is 9.15 Å². The van der Waals surface area contributed by atoms with Crippen LogP contribution < -0.4 is 5.32 Å². The molecule has 2 amide bonds. The molecule has 0 saturated carbocycles. The highest BCUT2D eigenvalue weighted by atomic mass is 32.2. The lowest BCUT2D eigenvalue weighted by Gasteiger charge is -2.33. The maximum absolute atomic E-state index is 12.5. The molecule has 3 heterocycles. The fourth-order valence-electron chi connectivity index (χ4n) is 2.22. The van der Waals surface area contributed by atoms with Crippen molar-refractivity contribution in [3.8, 4) is 0 Å². The lowest BCUT2D eigenvalue weighted by Crippen LogP contribution is -2.45. The monoisotopic (exact) mass is 340 g/mol. The maximum Gasteiger partial charge on any atom is 0.324 e. The number of aromatic nitrogens is 2. The summed E-state index contributed by atoms with van der Waals surface area (Å²) >= 11 is 2.61. The second kappa shape index (κ2) is 6.67. The summed E-state index contributed by atoms with van der Waals surface area (Å²) < 4.78 is 15.3. The first-order valence-electron chi connectivity index (χ1n) is 6.77. The molecule has 1 unspecified atom stereocenters. The number of urea groups is 1. The zero-order valence-corrected chi connectivity index (χ0v) is 13.9. The van der Waals surface area contributed by atoms with E-state index < -0.39 is 0 Å². The molecular formula is C13H16N4O3S2. The highest BCUT2D eigenvalue weighted by Gasteiger charge is 2.31. The molecule has 0 aliphatic carbocycles. The maximum atomic E-state index is 12.5. The van der Waals surface area contributed by atoms with E-state index in [9.17, 15) is 4.79 Å². The van der Waals surface area contributed by atoms with Gasteiger partial charge in [-0.1, -0.05) is 11.8 Å². The second-order valence-corrected chi connectivity index (χ2v) is 6.27. The van der Waals surface area contributed by atoms with Gasteiger partial charge < -0.3 is 14.1 Å². The van der Waals surface area contributed by atoms with E-state index >= 15 is 0 Å². The molecule has 1 aliphatic rings. The smallest absolute Gasteiger partial charge is 0.324 e. The van der Waals surface area contributed by atoms with Crippen LogP contribution in [0.5, 0.6) is 0 Å². The van der Waals surface area contributed by atoms with Gasteiger partial charge in [-0.05, 0) is 25.3 Å². The second-order valence-electron chi connectivity index (χ2n) is 4.75. The van der Waals surface area contributed by atoms with Gasteiger partial charge in [-0.2, -0.15) is 9.36 Å². The number of carbonyl (C=O) groups is 1. The Kier molecular flexibility index (Phi) is 4.65. The van der Waals surface area contributed by atoms with Gasteiger partial charge in [0.15, 0.2) is 0 Å². The van der Waals surface area contributed by atoms with Gasteiger partial charge in [0.2, 0.25) is 10.3 Å². The van der Waals surface area contributed by atoms with Crippen molar-refractivity contribution in [3.63, 3.8) is 0 Å². The Hall–Kier alpha value is -1.58. The number of carbonyl (C=O) groups excluding carboxylic acids is 1. The molecule has 0 bridgehead atoms. The number of furan rings is 1. The first-order chi connectivity index (χ1) is 10.7. The zero-order chi connectivity index (χ0) is 15.5. The molecule has 7 nitrogen and oxygen atoms in total. The Balaban J connectivity index is 1.73. The van der Waals surface area contributed by atoms with Crippen LogP contribution in [0.15, 0.2) is 21.7 Å². The Morgan fingerprint density at radius 3 is 3.09 bits per heavy atom. The van der Waals surface area contributed by atoms with Crippen LogP contribution in [0.25, 0.3) is 0 Å². The molecular weight excluding hydrogens is 324 g/mol. The fourth-order valence-corrected chi connectivity index (χ4v) is 3.34. The molecule has 1 saturated heterocycles. The summed E-state index contributed by atoms with van der Waals surface area (Å²) in [5, 5.41) is 3.94. The minimum atomic E-state index is -0.226. The van der Waals surface area contributed by atoms with Gasteiger partial charge in [0, 0.05) is 18.1 Å². The number of nitrogens with one attached hydrogen (secondary N) is 1.